The van der Waals surface area contributed by atoms with Gasteiger partial charge in [-0.2, -0.15) is 0 Å². The second kappa shape index (κ2) is 9.11. The summed E-state index contributed by atoms with van der Waals surface area (Å²) in [6.45, 7) is -0.191. The Labute approximate surface area is 201 Å². The molecule has 32 heavy (non-hydrogen) atoms. The number of allylic oxidation sites excluding steroid dienone is 2. The summed E-state index contributed by atoms with van der Waals surface area (Å²) in [5.41, 5.74) is 0.696. The Bertz CT molecular complexity index is 1300. The minimum absolute atomic E-state index is 0.0381. The van der Waals surface area contributed by atoms with Crippen molar-refractivity contribution in [3.63, 3.8) is 0 Å². The zero-order valence-electron chi connectivity index (χ0n) is 16.1. The smallest absolute Gasteiger partial charge is 0.264 e. The molecule has 0 aromatic heterocycles. The molecule has 2 aliphatic rings. The topological polar surface area (TPSA) is 90.5 Å². The quantitative estimate of drug-likeness (QED) is 0.350. The molecule has 1 amide bonds. The maximum absolute atomic E-state index is 13.9. The largest absolute Gasteiger partial charge is 0.348 e. The van der Waals surface area contributed by atoms with E-state index in [-0.39, 0.29) is 28.3 Å². The van der Waals surface area contributed by atoms with Crippen LogP contribution < -0.4 is 14.8 Å². The van der Waals surface area contributed by atoms with Gasteiger partial charge in [-0.15, -0.1) is 0 Å². The summed E-state index contributed by atoms with van der Waals surface area (Å²) in [7, 11) is -4.03. The molecule has 0 aliphatic carbocycles. The third kappa shape index (κ3) is 4.76. The van der Waals surface area contributed by atoms with Gasteiger partial charge in [0, 0.05) is 34.1 Å². The Morgan fingerprint density at radius 1 is 1.19 bits per heavy atom. The van der Waals surface area contributed by atoms with Crippen molar-refractivity contribution >= 4 is 56.3 Å². The molecule has 0 radical (unpaired) electrons. The summed E-state index contributed by atoms with van der Waals surface area (Å²) in [6.07, 6.45) is 6.35. The van der Waals surface area contributed by atoms with E-state index in [2.05, 4.69) is 14.8 Å². The van der Waals surface area contributed by atoms with Crippen LogP contribution in [0.25, 0.3) is 0 Å². The maximum atomic E-state index is 13.9. The number of sulfonamides is 1. The molecule has 2 aromatic carbocycles. The van der Waals surface area contributed by atoms with Crippen LogP contribution in [0.3, 0.4) is 0 Å². The fraction of sp³-hybridized carbons (Fsp3) is 0.0500. The lowest BCUT2D eigenvalue weighted by molar-refractivity contribution is 0.0951. The van der Waals surface area contributed by atoms with Gasteiger partial charge in [-0.1, -0.05) is 6.07 Å². The fourth-order valence-electron chi connectivity index (χ4n) is 3.00. The van der Waals surface area contributed by atoms with Crippen molar-refractivity contribution in [2.45, 2.75) is 6.54 Å². The van der Waals surface area contributed by atoms with E-state index in [1.807, 2.05) is 22.6 Å². The number of amides is 1. The molecule has 0 saturated carbocycles. The van der Waals surface area contributed by atoms with Crippen LogP contribution in [0.2, 0.25) is 0 Å². The number of hydrogen-bond acceptors (Lipinski definition) is 6. The van der Waals surface area contributed by atoms with Gasteiger partial charge < -0.3 is 10.0 Å². The van der Waals surface area contributed by atoms with Crippen LogP contribution in [0.4, 0.5) is 14.5 Å². The number of carbonyl (C=O) groups excluding carboxylic acids is 1. The van der Waals surface area contributed by atoms with Crippen LogP contribution in [-0.2, 0) is 16.6 Å². The molecule has 0 fully saturated rings. The lowest BCUT2D eigenvalue weighted by Gasteiger charge is -2.21. The van der Waals surface area contributed by atoms with Crippen LogP contribution in [0.15, 0.2) is 71.6 Å². The molecule has 12 heteroatoms. The molecule has 4 rings (SSSR count). The average molecular weight is 588 g/mol. The van der Waals surface area contributed by atoms with Crippen LogP contribution in [-0.4, -0.2) is 18.6 Å². The van der Waals surface area contributed by atoms with Gasteiger partial charge in [-0.3, -0.25) is 13.8 Å². The van der Waals surface area contributed by atoms with Gasteiger partial charge >= 0.3 is 0 Å². The first-order chi connectivity index (χ1) is 15.2. The van der Waals surface area contributed by atoms with Gasteiger partial charge in [0.25, 0.3) is 15.9 Å². The minimum atomic E-state index is -4.03. The van der Waals surface area contributed by atoms with Crippen molar-refractivity contribution in [1.82, 2.24) is 14.3 Å². The van der Waals surface area contributed by atoms with Gasteiger partial charge in [0.05, 0.1) is 29.1 Å². The molecule has 2 aromatic rings. The van der Waals surface area contributed by atoms with E-state index in [1.54, 1.807) is 28.8 Å². The zero-order chi connectivity index (χ0) is 22.9. The Morgan fingerprint density at radius 2 is 2.00 bits per heavy atom. The third-order valence-corrected chi connectivity index (χ3v) is 7.34. The molecular weight excluding hydrogens is 573 g/mol. The monoisotopic (exact) mass is 588 g/mol. The predicted molar refractivity (Wildman–Crippen MR) is 127 cm³/mol. The van der Waals surface area contributed by atoms with Crippen LogP contribution >= 0.6 is 34.7 Å². The zero-order valence-corrected chi connectivity index (χ0v) is 19.9. The molecule has 0 bridgehead atoms. The van der Waals surface area contributed by atoms with E-state index in [9.17, 15) is 22.0 Å². The first-order valence-electron chi connectivity index (χ1n) is 9.10. The Hall–Kier alpha value is -2.58. The van der Waals surface area contributed by atoms with Crippen LogP contribution in [0, 0.1) is 15.2 Å². The van der Waals surface area contributed by atoms with Gasteiger partial charge in [0.15, 0.2) is 0 Å². The van der Waals surface area contributed by atoms with E-state index in [0.29, 0.717) is 9.27 Å². The van der Waals surface area contributed by atoms with Gasteiger partial charge in [-0.25, -0.2) is 17.2 Å². The number of halogens is 3. The highest BCUT2D eigenvalue weighted by Gasteiger charge is 2.30. The lowest BCUT2D eigenvalue weighted by atomic mass is 10.1. The summed E-state index contributed by atoms with van der Waals surface area (Å²) in [5.74, 6) is -2.12. The average Bonchev–Trinajstić information content (AvgIpc) is 3.21. The standard InChI is InChI=1S/C20H15F2IN4O3S2/c21-13-4-3-12(16(22)8-13)10-24-20(28)15-6-5-14(23)9-17(15)26-32(29,30)19-2-1-7-27-18(19)11-25-31-27/h1-9,11,25-26H,10H2,(H,24,28). The normalized spacial score (nSPS) is 14.9. The number of benzene rings is 2. The molecule has 0 saturated heterocycles. The number of hydrogen-bond donors (Lipinski definition) is 3. The number of rotatable bonds is 6. The van der Waals surface area contributed by atoms with Crippen LogP contribution in [0.1, 0.15) is 15.9 Å². The highest BCUT2D eigenvalue weighted by molar-refractivity contribution is 14.1. The van der Waals surface area contributed by atoms with E-state index in [4.69, 9.17) is 0 Å². The van der Waals surface area contributed by atoms with Crippen molar-refractivity contribution in [3.8, 4) is 0 Å². The number of anilines is 1. The highest BCUT2D eigenvalue weighted by atomic mass is 127. The predicted octanol–water partition coefficient (Wildman–Crippen LogP) is 3.96. The molecule has 2 heterocycles. The second-order valence-corrected chi connectivity index (χ2v) is 10.4. The van der Waals surface area contributed by atoms with Crippen molar-refractivity contribution in [3.05, 3.63) is 97.9 Å². The van der Waals surface area contributed by atoms with Crippen molar-refractivity contribution in [1.29, 1.82) is 0 Å². The Kier molecular flexibility index (Phi) is 6.44. The van der Waals surface area contributed by atoms with Crippen LogP contribution in [0.5, 0.6) is 0 Å². The summed E-state index contributed by atoms with van der Waals surface area (Å²) in [6, 6.07) is 7.71. The first-order valence-corrected chi connectivity index (χ1v) is 12.4. The van der Waals surface area contributed by atoms with Gasteiger partial charge in [0.1, 0.15) is 16.5 Å². The van der Waals surface area contributed by atoms with Crippen molar-refractivity contribution < 1.29 is 22.0 Å². The molecule has 0 atom stereocenters. The summed E-state index contributed by atoms with van der Waals surface area (Å²) >= 11 is 3.22. The number of carbonyl (C=O) groups is 1. The maximum Gasteiger partial charge on any atom is 0.264 e. The molecular formula is C20H15F2IN4O3S2. The highest BCUT2D eigenvalue weighted by Crippen LogP contribution is 2.34. The molecule has 0 spiro atoms. The van der Waals surface area contributed by atoms with Crippen molar-refractivity contribution in [2.24, 2.45) is 0 Å². The fourth-order valence-corrected chi connectivity index (χ4v) is 5.46. The van der Waals surface area contributed by atoms with Gasteiger partial charge in [0.2, 0.25) is 0 Å². The van der Waals surface area contributed by atoms with E-state index in [0.717, 1.165) is 12.1 Å². The number of fused-ring (bicyclic) bond motifs is 1. The molecule has 2 aliphatic heterocycles. The van der Waals surface area contributed by atoms with Gasteiger partial charge in [-0.05, 0) is 59.0 Å². The van der Waals surface area contributed by atoms with E-state index < -0.39 is 27.6 Å². The number of nitrogens with one attached hydrogen (secondary N) is 3. The summed E-state index contributed by atoms with van der Waals surface area (Å²) in [5, 5.41) is 2.54. The molecule has 0 unspecified atom stereocenters. The van der Waals surface area contributed by atoms with E-state index in [1.165, 1.54) is 36.4 Å². The number of nitrogens with zero attached hydrogens (tertiary/aromatic N) is 1. The molecule has 3 N–H and O–H groups in total. The lowest BCUT2D eigenvalue weighted by Crippen LogP contribution is -2.26. The first kappa shape index (κ1) is 22.6. The Morgan fingerprint density at radius 3 is 2.78 bits per heavy atom. The summed E-state index contributed by atoms with van der Waals surface area (Å²) in [4.78, 5) is 12.8. The minimum Gasteiger partial charge on any atom is -0.348 e. The third-order valence-electron chi connectivity index (χ3n) is 4.52. The SMILES string of the molecule is O=C(NCc1ccc(F)cc1F)c1ccc(I)cc1NS(=O)(=O)C1=CC=CN2SNC=C12. The van der Waals surface area contributed by atoms with E-state index >= 15 is 0 Å². The second-order valence-electron chi connectivity index (χ2n) is 6.65. The molecule has 166 valence electrons. The van der Waals surface area contributed by atoms with Crippen molar-refractivity contribution in [2.75, 3.05) is 4.72 Å². The Balaban J connectivity index is 1.57. The molecule has 7 nitrogen and oxygen atoms in total. The summed E-state index contributed by atoms with van der Waals surface area (Å²) < 4.78 is 60.9.